The number of carbonyl (C=O) groups is 1. The van der Waals surface area contributed by atoms with Gasteiger partial charge in [-0.05, 0) is 37.0 Å². The van der Waals surface area contributed by atoms with Gasteiger partial charge in [0.2, 0.25) is 0 Å². The number of aliphatic hydroxyl groups excluding tert-OH is 1. The van der Waals surface area contributed by atoms with E-state index in [9.17, 15) is 9.90 Å². The summed E-state index contributed by atoms with van der Waals surface area (Å²) in [5, 5.41) is 9.68. The van der Waals surface area contributed by atoms with E-state index in [0.717, 1.165) is 18.4 Å². The maximum absolute atomic E-state index is 11.8. The van der Waals surface area contributed by atoms with Gasteiger partial charge in [0, 0.05) is 13.1 Å². The van der Waals surface area contributed by atoms with E-state index in [1.807, 2.05) is 26.1 Å². The van der Waals surface area contributed by atoms with Crippen LogP contribution in [0.2, 0.25) is 0 Å². The zero-order chi connectivity index (χ0) is 13.8. The number of likely N-dealkylation sites (N-methyl/N-ethyl adjacent to an activating group) is 1. The molecule has 1 aromatic rings. The molecule has 104 valence electrons. The second kappa shape index (κ2) is 6.06. The summed E-state index contributed by atoms with van der Waals surface area (Å²) in [7, 11) is 1.82. The highest BCUT2D eigenvalue weighted by atomic mass is 16.5. The highest BCUT2D eigenvalue weighted by molar-refractivity contribution is 5.78. The Morgan fingerprint density at radius 1 is 1.42 bits per heavy atom. The normalized spacial score (nSPS) is 15.9. The van der Waals surface area contributed by atoms with Crippen molar-refractivity contribution in [1.82, 2.24) is 4.90 Å². The summed E-state index contributed by atoms with van der Waals surface area (Å²) in [6.07, 6.45) is 2.46. The van der Waals surface area contributed by atoms with Crippen LogP contribution in [0.25, 0.3) is 0 Å². The minimum atomic E-state index is -0.434. The van der Waals surface area contributed by atoms with Crippen molar-refractivity contribution < 1.29 is 14.6 Å². The van der Waals surface area contributed by atoms with Crippen molar-refractivity contribution >= 4 is 5.91 Å². The number of hydrogen-bond acceptors (Lipinski definition) is 3. The number of carbonyl (C=O) groups excluding carboxylic acids is 1. The molecule has 1 aliphatic carbocycles. The SMILES string of the molecule is CCC(O)c1ccc(OCC(=O)N(C)C2CC2)cc1. The number of nitrogens with zero attached hydrogens (tertiary/aromatic N) is 1. The molecule has 0 bridgehead atoms. The van der Waals surface area contributed by atoms with E-state index in [1.54, 1.807) is 17.0 Å². The predicted molar refractivity (Wildman–Crippen MR) is 73.0 cm³/mol. The first kappa shape index (κ1) is 13.9. The van der Waals surface area contributed by atoms with Crippen LogP contribution in [-0.2, 0) is 4.79 Å². The van der Waals surface area contributed by atoms with Crippen LogP contribution < -0.4 is 4.74 Å². The molecule has 1 fully saturated rings. The second-order valence-electron chi connectivity index (χ2n) is 5.02. The number of rotatable bonds is 6. The van der Waals surface area contributed by atoms with Crippen molar-refractivity contribution in [2.75, 3.05) is 13.7 Å². The lowest BCUT2D eigenvalue weighted by Crippen LogP contribution is -2.33. The lowest BCUT2D eigenvalue weighted by atomic mass is 10.1. The Kier molecular flexibility index (Phi) is 4.43. The third-order valence-electron chi connectivity index (χ3n) is 3.50. The van der Waals surface area contributed by atoms with Gasteiger partial charge >= 0.3 is 0 Å². The number of benzene rings is 1. The molecule has 0 aromatic heterocycles. The van der Waals surface area contributed by atoms with E-state index in [0.29, 0.717) is 18.2 Å². The summed E-state index contributed by atoms with van der Waals surface area (Å²) in [6, 6.07) is 7.66. The monoisotopic (exact) mass is 263 g/mol. The van der Waals surface area contributed by atoms with Crippen LogP contribution >= 0.6 is 0 Å². The van der Waals surface area contributed by atoms with Gasteiger partial charge in [0.05, 0.1) is 6.10 Å². The Bertz CT molecular complexity index is 426. The number of ether oxygens (including phenoxy) is 1. The fourth-order valence-corrected chi connectivity index (χ4v) is 1.93. The van der Waals surface area contributed by atoms with E-state index in [4.69, 9.17) is 4.74 Å². The van der Waals surface area contributed by atoms with Gasteiger partial charge in [-0.3, -0.25) is 4.79 Å². The summed E-state index contributed by atoms with van der Waals surface area (Å²) in [6.45, 7) is 2.00. The Balaban J connectivity index is 1.84. The molecule has 1 aliphatic rings. The maximum Gasteiger partial charge on any atom is 0.260 e. The Morgan fingerprint density at radius 2 is 2.05 bits per heavy atom. The smallest absolute Gasteiger partial charge is 0.260 e. The molecule has 0 radical (unpaired) electrons. The Morgan fingerprint density at radius 3 is 2.58 bits per heavy atom. The van der Waals surface area contributed by atoms with Gasteiger partial charge in [-0.1, -0.05) is 19.1 Å². The minimum Gasteiger partial charge on any atom is -0.484 e. The summed E-state index contributed by atoms with van der Waals surface area (Å²) in [4.78, 5) is 13.5. The largest absolute Gasteiger partial charge is 0.484 e. The third kappa shape index (κ3) is 3.70. The highest BCUT2D eigenvalue weighted by Crippen LogP contribution is 2.25. The molecule has 4 nitrogen and oxygen atoms in total. The minimum absolute atomic E-state index is 0.0140. The van der Waals surface area contributed by atoms with E-state index < -0.39 is 6.10 Å². The van der Waals surface area contributed by atoms with Crippen LogP contribution in [0.4, 0.5) is 0 Å². The molecule has 1 saturated carbocycles. The van der Waals surface area contributed by atoms with Crippen LogP contribution in [-0.4, -0.2) is 35.6 Å². The first-order chi connectivity index (χ1) is 9.11. The molecule has 1 aromatic carbocycles. The molecular formula is C15H21NO3. The molecule has 0 saturated heterocycles. The fourth-order valence-electron chi connectivity index (χ4n) is 1.93. The number of amides is 1. The van der Waals surface area contributed by atoms with E-state index in [1.165, 1.54) is 0 Å². The van der Waals surface area contributed by atoms with E-state index in [2.05, 4.69) is 0 Å². The van der Waals surface area contributed by atoms with Gasteiger partial charge in [0.25, 0.3) is 5.91 Å². The Hall–Kier alpha value is -1.55. The maximum atomic E-state index is 11.8. The van der Waals surface area contributed by atoms with Crippen LogP contribution in [0.1, 0.15) is 37.9 Å². The van der Waals surface area contributed by atoms with Gasteiger partial charge in [-0.2, -0.15) is 0 Å². The van der Waals surface area contributed by atoms with Crippen LogP contribution in [0.5, 0.6) is 5.75 Å². The summed E-state index contributed by atoms with van der Waals surface area (Å²) >= 11 is 0. The molecule has 4 heteroatoms. The molecule has 19 heavy (non-hydrogen) atoms. The molecule has 1 amide bonds. The first-order valence-corrected chi connectivity index (χ1v) is 6.78. The van der Waals surface area contributed by atoms with Gasteiger partial charge in [-0.15, -0.1) is 0 Å². The van der Waals surface area contributed by atoms with Crippen LogP contribution in [0, 0.1) is 0 Å². The molecule has 1 N–H and O–H groups in total. The zero-order valence-electron chi connectivity index (χ0n) is 11.5. The molecular weight excluding hydrogens is 242 g/mol. The summed E-state index contributed by atoms with van der Waals surface area (Å²) in [5.74, 6) is 0.671. The molecule has 1 atom stereocenters. The number of hydrogen-bond donors (Lipinski definition) is 1. The van der Waals surface area contributed by atoms with Crippen molar-refractivity contribution in [3.05, 3.63) is 29.8 Å². The topological polar surface area (TPSA) is 49.8 Å². The predicted octanol–water partition coefficient (Wildman–Crippen LogP) is 2.13. The molecule has 0 spiro atoms. The lowest BCUT2D eigenvalue weighted by molar-refractivity contribution is -0.132. The van der Waals surface area contributed by atoms with Gasteiger partial charge in [-0.25, -0.2) is 0 Å². The van der Waals surface area contributed by atoms with Crippen molar-refractivity contribution in [3.63, 3.8) is 0 Å². The average Bonchev–Trinajstić information content (AvgIpc) is 3.28. The summed E-state index contributed by atoms with van der Waals surface area (Å²) in [5.41, 5.74) is 0.872. The van der Waals surface area contributed by atoms with Crippen molar-refractivity contribution in [1.29, 1.82) is 0 Å². The van der Waals surface area contributed by atoms with E-state index in [-0.39, 0.29) is 12.5 Å². The third-order valence-corrected chi connectivity index (χ3v) is 3.50. The van der Waals surface area contributed by atoms with E-state index >= 15 is 0 Å². The summed E-state index contributed by atoms with van der Waals surface area (Å²) < 4.78 is 5.46. The molecule has 2 rings (SSSR count). The van der Waals surface area contributed by atoms with Gasteiger partial charge in [0.15, 0.2) is 6.61 Å². The zero-order valence-corrected chi connectivity index (χ0v) is 11.5. The average molecular weight is 263 g/mol. The van der Waals surface area contributed by atoms with Gasteiger partial charge in [0.1, 0.15) is 5.75 Å². The quantitative estimate of drug-likeness (QED) is 0.855. The first-order valence-electron chi connectivity index (χ1n) is 6.78. The molecule has 1 unspecified atom stereocenters. The number of aliphatic hydroxyl groups is 1. The second-order valence-corrected chi connectivity index (χ2v) is 5.02. The molecule has 0 aliphatic heterocycles. The Labute approximate surface area is 114 Å². The van der Waals surface area contributed by atoms with Crippen molar-refractivity contribution in [2.45, 2.75) is 38.3 Å². The van der Waals surface area contributed by atoms with Crippen molar-refractivity contribution in [3.8, 4) is 5.75 Å². The van der Waals surface area contributed by atoms with Gasteiger partial charge < -0.3 is 14.7 Å². The fraction of sp³-hybridized carbons (Fsp3) is 0.533. The van der Waals surface area contributed by atoms with Crippen LogP contribution in [0.3, 0.4) is 0 Å². The highest BCUT2D eigenvalue weighted by Gasteiger charge is 2.29. The van der Waals surface area contributed by atoms with Crippen molar-refractivity contribution in [2.24, 2.45) is 0 Å². The molecule has 0 heterocycles. The lowest BCUT2D eigenvalue weighted by Gasteiger charge is -2.16. The standard InChI is InChI=1S/C15H21NO3/c1-3-14(17)11-4-8-13(9-5-11)19-10-15(18)16(2)12-6-7-12/h4-5,8-9,12,14,17H,3,6-7,10H2,1-2H3. The van der Waals surface area contributed by atoms with Crippen LogP contribution in [0.15, 0.2) is 24.3 Å².